The van der Waals surface area contributed by atoms with Gasteiger partial charge in [0.1, 0.15) is 0 Å². The molecule has 0 aromatic carbocycles. The fourth-order valence-corrected chi connectivity index (χ4v) is 2.93. The van der Waals surface area contributed by atoms with Crippen molar-refractivity contribution >= 4 is 6.03 Å². The van der Waals surface area contributed by atoms with E-state index in [9.17, 15) is 4.79 Å². The minimum absolute atomic E-state index is 0.0544. The van der Waals surface area contributed by atoms with Gasteiger partial charge in [0.2, 0.25) is 0 Å². The van der Waals surface area contributed by atoms with Crippen LogP contribution in [0.2, 0.25) is 0 Å². The zero-order valence-corrected chi connectivity index (χ0v) is 10.1. The molecular weight excluding hydrogens is 200 g/mol. The number of rotatable bonds is 3. The third kappa shape index (κ3) is 3.69. The highest BCUT2D eigenvalue weighted by atomic mass is 16.2. The molecule has 0 spiro atoms. The van der Waals surface area contributed by atoms with E-state index >= 15 is 0 Å². The fraction of sp³-hybridized carbons (Fsp3) is 0.923. The number of amides is 2. The molecule has 0 saturated heterocycles. The molecule has 0 unspecified atom stereocenters. The van der Waals surface area contributed by atoms with Gasteiger partial charge in [-0.15, -0.1) is 0 Å². The molecule has 2 aliphatic rings. The quantitative estimate of drug-likeness (QED) is 0.760. The molecule has 2 rings (SSSR count). The van der Waals surface area contributed by atoms with Crippen LogP contribution in [-0.2, 0) is 0 Å². The first-order valence-electron chi connectivity index (χ1n) is 6.89. The zero-order valence-electron chi connectivity index (χ0n) is 10.1. The van der Waals surface area contributed by atoms with Crippen molar-refractivity contribution in [1.82, 2.24) is 10.6 Å². The molecule has 2 amide bonds. The van der Waals surface area contributed by atoms with E-state index in [4.69, 9.17) is 0 Å². The molecule has 0 aromatic heterocycles. The molecule has 16 heavy (non-hydrogen) atoms. The molecule has 2 saturated carbocycles. The summed E-state index contributed by atoms with van der Waals surface area (Å²) >= 11 is 0. The molecule has 0 atom stereocenters. The molecule has 0 aromatic rings. The van der Waals surface area contributed by atoms with Crippen LogP contribution in [0.1, 0.15) is 57.8 Å². The van der Waals surface area contributed by atoms with Crippen molar-refractivity contribution in [3.8, 4) is 0 Å². The minimum Gasteiger partial charge on any atom is -0.338 e. The van der Waals surface area contributed by atoms with E-state index in [1.54, 1.807) is 0 Å². The summed E-state index contributed by atoms with van der Waals surface area (Å²) in [4.78, 5) is 11.6. The predicted octanol–water partition coefficient (Wildman–Crippen LogP) is 2.81. The molecule has 2 N–H and O–H groups in total. The highest BCUT2D eigenvalue weighted by molar-refractivity contribution is 5.74. The Labute approximate surface area is 98.4 Å². The van der Waals surface area contributed by atoms with Crippen LogP contribution in [0.25, 0.3) is 0 Å². The van der Waals surface area contributed by atoms with Crippen LogP contribution < -0.4 is 10.6 Å². The van der Waals surface area contributed by atoms with Gasteiger partial charge < -0.3 is 10.6 Å². The lowest BCUT2D eigenvalue weighted by molar-refractivity contribution is 0.230. The smallest absolute Gasteiger partial charge is 0.315 e. The van der Waals surface area contributed by atoms with Gasteiger partial charge in [-0.25, -0.2) is 4.79 Å². The fourth-order valence-electron chi connectivity index (χ4n) is 2.93. The molecule has 0 radical (unpaired) electrons. The van der Waals surface area contributed by atoms with Gasteiger partial charge in [0.25, 0.3) is 0 Å². The second-order valence-electron chi connectivity index (χ2n) is 5.34. The van der Waals surface area contributed by atoms with Crippen LogP contribution >= 0.6 is 0 Å². The summed E-state index contributed by atoms with van der Waals surface area (Å²) in [6.07, 6.45) is 11.5. The molecule has 0 heterocycles. The minimum atomic E-state index is 0.0544. The average molecular weight is 224 g/mol. The average Bonchev–Trinajstić information content (AvgIpc) is 2.81. The first kappa shape index (κ1) is 11.7. The van der Waals surface area contributed by atoms with Crippen molar-refractivity contribution in [3.05, 3.63) is 0 Å². The monoisotopic (exact) mass is 224 g/mol. The first-order valence-corrected chi connectivity index (χ1v) is 6.89. The van der Waals surface area contributed by atoms with Crippen LogP contribution in [0.3, 0.4) is 0 Å². The van der Waals surface area contributed by atoms with Crippen molar-refractivity contribution in [3.63, 3.8) is 0 Å². The van der Waals surface area contributed by atoms with Crippen LogP contribution in [-0.4, -0.2) is 18.6 Å². The van der Waals surface area contributed by atoms with E-state index in [0.717, 1.165) is 25.3 Å². The van der Waals surface area contributed by atoms with Crippen molar-refractivity contribution < 1.29 is 4.79 Å². The summed E-state index contributed by atoms with van der Waals surface area (Å²) in [6, 6.07) is 0.483. The van der Waals surface area contributed by atoms with E-state index in [1.807, 2.05) is 0 Å². The molecule has 92 valence electrons. The van der Waals surface area contributed by atoms with Gasteiger partial charge >= 0.3 is 6.03 Å². The Morgan fingerprint density at radius 1 is 0.938 bits per heavy atom. The van der Waals surface area contributed by atoms with Gasteiger partial charge in [-0.05, 0) is 31.6 Å². The molecule has 3 nitrogen and oxygen atoms in total. The number of carbonyl (C=O) groups is 1. The van der Waals surface area contributed by atoms with Crippen molar-refractivity contribution in [2.24, 2.45) is 5.92 Å². The van der Waals surface area contributed by atoms with E-state index in [-0.39, 0.29) is 6.03 Å². The van der Waals surface area contributed by atoms with Crippen molar-refractivity contribution in [2.75, 3.05) is 6.54 Å². The largest absolute Gasteiger partial charge is 0.338 e. The summed E-state index contributed by atoms with van der Waals surface area (Å²) in [5.41, 5.74) is 0. The summed E-state index contributed by atoms with van der Waals surface area (Å²) in [7, 11) is 0. The molecule has 0 bridgehead atoms. The maximum Gasteiger partial charge on any atom is 0.315 e. The SMILES string of the molecule is O=C(NCC1CCCC1)NC1CCCCC1. The van der Waals surface area contributed by atoms with Gasteiger partial charge in [-0.3, -0.25) is 0 Å². The Balaban J connectivity index is 1.59. The summed E-state index contributed by atoms with van der Waals surface area (Å²) in [6.45, 7) is 0.874. The van der Waals surface area contributed by atoms with Crippen LogP contribution in [0, 0.1) is 5.92 Å². The summed E-state index contributed by atoms with van der Waals surface area (Å²) < 4.78 is 0. The van der Waals surface area contributed by atoms with Gasteiger partial charge in [0.05, 0.1) is 0 Å². The third-order valence-corrected chi connectivity index (χ3v) is 3.97. The normalized spacial score (nSPS) is 23.2. The Kier molecular flexibility index (Phi) is 4.49. The predicted molar refractivity (Wildman–Crippen MR) is 65.4 cm³/mol. The lowest BCUT2D eigenvalue weighted by atomic mass is 9.96. The Hall–Kier alpha value is -0.730. The molecule has 2 fully saturated rings. The van der Waals surface area contributed by atoms with E-state index < -0.39 is 0 Å². The molecule has 3 heteroatoms. The second kappa shape index (κ2) is 6.12. The van der Waals surface area contributed by atoms with Crippen molar-refractivity contribution in [2.45, 2.75) is 63.8 Å². The maximum atomic E-state index is 11.6. The van der Waals surface area contributed by atoms with Crippen LogP contribution in [0.15, 0.2) is 0 Å². The topological polar surface area (TPSA) is 41.1 Å². The van der Waals surface area contributed by atoms with Gasteiger partial charge in [-0.1, -0.05) is 32.1 Å². The molecule has 2 aliphatic carbocycles. The number of hydrogen-bond acceptors (Lipinski definition) is 1. The summed E-state index contributed by atoms with van der Waals surface area (Å²) in [5, 5.41) is 6.11. The number of nitrogens with one attached hydrogen (secondary N) is 2. The number of carbonyl (C=O) groups excluding carboxylic acids is 1. The van der Waals surface area contributed by atoms with Crippen molar-refractivity contribution in [1.29, 1.82) is 0 Å². The summed E-state index contributed by atoms with van der Waals surface area (Å²) in [5.74, 6) is 0.733. The first-order chi connectivity index (χ1) is 7.84. The Morgan fingerprint density at radius 2 is 1.56 bits per heavy atom. The third-order valence-electron chi connectivity index (χ3n) is 3.97. The molecular formula is C13H24N2O. The highest BCUT2D eigenvalue weighted by Crippen LogP contribution is 2.23. The van der Waals surface area contributed by atoms with Gasteiger partial charge in [0, 0.05) is 12.6 Å². The second-order valence-corrected chi connectivity index (χ2v) is 5.34. The molecule has 0 aliphatic heterocycles. The zero-order chi connectivity index (χ0) is 11.2. The van der Waals surface area contributed by atoms with Gasteiger partial charge in [-0.2, -0.15) is 0 Å². The lowest BCUT2D eigenvalue weighted by Crippen LogP contribution is -2.44. The van der Waals surface area contributed by atoms with Crippen LogP contribution in [0.5, 0.6) is 0 Å². The number of urea groups is 1. The van der Waals surface area contributed by atoms with E-state index in [0.29, 0.717) is 6.04 Å². The lowest BCUT2D eigenvalue weighted by Gasteiger charge is -2.23. The Bertz CT molecular complexity index is 218. The Morgan fingerprint density at radius 3 is 2.25 bits per heavy atom. The van der Waals surface area contributed by atoms with Gasteiger partial charge in [0.15, 0.2) is 0 Å². The highest BCUT2D eigenvalue weighted by Gasteiger charge is 2.18. The number of hydrogen-bond donors (Lipinski definition) is 2. The van der Waals surface area contributed by atoms with E-state index in [2.05, 4.69) is 10.6 Å². The van der Waals surface area contributed by atoms with Crippen LogP contribution in [0.4, 0.5) is 4.79 Å². The van der Waals surface area contributed by atoms with E-state index in [1.165, 1.54) is 44.9 Å². The standard InChI is InChI=1S/C13H24N2O/c16-13(14-10-11-6-4-5-7-11)15-12-8-2-1-3-9-12/h11-12H,1-10H2,(H2,14,15,16). The maximum absolute atomic E-state index is 11.6.